The van der Waals surface area contributed by atoms with Crippen LogP contribution in [0.2, 0.25) is 0 Å². The van der Waals surface area contributed by atoms with Crippen LogP contribution in [-0.4, -0.2) is 33.7 Å². The fourth-order valence-corrected chi connectivity index (χ4v) is 2.68. The maximum Gasteiger partial charge on any atom is 0.247 e. The van der Waals surface area contributed by atoms with Crippen molar-refractivity contribution in [2.75, 3.05) is 13.1 Å². The Morgan fingerprint density at radius 2 is 2.09 bits per heavy atom. The Morgan fingerprint density at radius 3 is 2.68 bits per heavy atom. The second-order valence-electron chi connectivity index (χ2n) is 5.43. The molecule has 114 valence electrons. The Morgan fingerprint density at radius 1 is 1.32 bits per heavy atom. The summed E-state index contributed by atoms with van der Waals surface area (Å²) >= 11 is 0. The summed E-state index contributed by atoms with van der Waals surface area (Å²) in [5, 5.41) is 4.12. The van der Waals surface area contributed by atoms with E-state index in [2.05, 4.69) is 5.10 Å². The molecule has 2 heterocycles. The molecule has 0 N–H and O–H groups in total. The van der Waals surface area contributed by atoms with Gasteiger partial charge in [0, 0.05) is 25.5 Å². The number of nitrogens with zero attached hydrogens (tertiary/aromatic N) is 3. The minimum absolute atomic E-state index is 0.0677. The standard InChI is InChI=1S/C17H18FN3O/c1-13(21-10-2-9-19-21)17(22)20-11-7-15(8-12-20)14-3-5-16(18)6-4-14/h2-7,9-10,13H,8,11-12H2,1H3. The predicted molar refractivity (Wildman–Crippen MR) is 82.5 cm³/mol. The maximum atomic E-state index is 13.0. The molecule has 2 aromatic rings. The predicted octanol–water partition coefficient (Wildman–Crippen LogP) is 2.90. The SMILES string of the molecule is CC(C(=O)N1CC=C(c2ccc(F)cc2)CC1)n1cccn1. The molecule has 1 atom stereocenters. The van der Waals surface area contributed by atoms with E-state index < -0.39 is 0 Å². The van der Waals surface area contributed by atoms with E-state index in [1.54, 1.807) is 29.2 Å². The third-order valence-electron chi connectivity index (χ3n) is 4.01. The van der Waals surface area contributed by atoms with Crippen LogP contribution < -0.4 is 0 Å². The molecule has 0 fully saturated rings. The van der Waals surface area contributed by atoms with Crippen LogP contribution in [-0.2, 0) is 4.79 Å². The molecule has 3 rings (SSSR count). The molecule has 0 spiro atoms. The number of amides is 1. The first-order chi connectivity index (χ1) is 10.6. The van der Waals surface area contributed by atoms with Crippen LogP contribution in [0.4, 0.5) is 4.39 Å². The van der Waals surface area contributed by atoms with Crippen LogP contribution in [0.5, 0.6) is 0 Å². The number of aromatic nitrogens is 2. The van der Waals surface area contributed by atoms with E-state index >= 15 is 0 Å². The molecule has 0 radical (unpaired) electrons. The fraction of sp³-hybridized carbons (Fsp3) is 0.294. The van der Waals surface area contributed by atoms with Gasteiger partial charge in [0.25, 0.3) is 0 Å². The Hall–Kier alpha value is -2.43. The van der Waals surface area contributed by atoms with Crippen molar-refractivity contribution in [1.29, 1.82) is 0 Å². The van der Waals surface area contributed by atoms with Gasteiger partial charge in [-0.2, -0.15) is 5.10 Å². The third-order valence-corrected chi connectivity index (χ3v) is 4.01. The normalized spacial score (nSPS) is 16.3. The highest BCUT2D eigenvalue weighted by molar-refractivity contribution is 5.81. The van der Waals surface area contributed by atoms with E-state index in [-0.39, 0.29) is 17.8 Å². The van der Waals surface area contributed by atoms with E-state index in [1.807, 2.05) is 24.0 Å². The quantitative estimate of drug-likeness (QED) is 0.874. The summed E-state index contributed by atoms with van der Waals surface area (Å²) in [6.07, 6.45) is 6.30. The van der Waals surface area contributed by atoms with E-state index in [0.29, 0.717) is 13.1 Å². The average molecular weight is 299 g/mol. The molecule has 0 saturated carbocycles. The van der Waals surface area contributed by atoms with Gasteiger partial charge in [0.15, 0.2) is 0 Å². The Balaban J connectivity index is 1.68. The summed E-state index contributed by atoms with van der Waals surface area (Å²) < 4.78 is 14.6. The van der Waals surface area contributed by atoms with Gasteiger partial charge < -0.3 is 4.90 Å². The maximum absolute atomic E-state index is 13.0. The average Bonchev–Trinajstić information content (AvgIpc) is 3.09. The summed E-state index contributed by atoms with van der Waals surface area (Å²) in [6, 6.07) is 8.01. The van der Waals surface area contributed by atoms with Crippen molar-refractivity contribution < 1.29 is 9.18 Å². The van der Waals surface area contributed by atoms with Crippen LogP contribution >= 0.6 is 0 Å². The molecule has 0 bridgehead atoms. The van der Waals surface area contributed by atoms with Gasteiger partial charge >= 0.3 is 0 Å². The summed E-state index contributed by atoms with van der Waals surface area (Å²) in [6.45, 7) is 3.11. The molecule has 4 nitrogen and oxygen atoms in total. The zero-order valence-electron chi connectivity index (χ0n) is 12.4. The summed E-state index contributed by atoms with van der Waals surface area (Å²) in [5.74, 6) is -0.164. The smallest absolute Gasteiger partial charge is 0.247 e. The Kier molecular flexibility index (Phi) is 4.04. The number of halogens is 1. The van der Waals surface area contributed by atoms with E-state index in [4.69, 9.17) is 0 Å². The van der Waals surface area contributed by atoms with Crippen molar-refractivity contribution in [3.63, 3.8) is 0 Å². The number of hydrogen-bond donors (Lipinski definition) is 0. The molecule has 1 aliphatic heterocycles. The molecule has 0 saturated heterocycles. The number of rotatable bonds is 3. The highest BCUT2D eigenvalue weighted by Gasteiger charge is 2.23. The van der Waals surface area contributed by atoms with Gasteiger partial charge in [-0.1, -0.05) is 18.2 Å². The monoisotopic (exact) mass is 299 g/mol. The highest BCUT2D eigenvalue weighted by atomic mass is 19.1. The van der Waals surface area contributed by atoms with Crippen molar-refractivity contribution >= 4 is 11.5 Å². The van der Waals surface area contributed by atoms with E-state index in [9.17, 15) is 9.18 Å². The van der Waals surface area contributed by atoms with Crippen molar-refractivity contribution in [3.8, 4) is 0 Å². The number of carbonyl (C=O) groups excluding carboxylic acids is 1. The molecule has 1 unspecified atom stereocenters. The first kappa shape index (κ1) is 14.5. The van der Waals surface area contributed by atoms with Gasteiger partial charge in [-0.15, -0.1) is 0 Å². The topological polar surface area (TPSA) is 38.1 Å². The van der Waals surface area contributed by atoms with E-state index in [1.165, 1.54) is 12.1 Å². The largest absolute Gasteiger partial charge is 0.337 e. The fourth-order valence-electron chi connectivity index (χ4n) is 2.68. The molecule has 0 aliphatic carbocycles. The first-order valence-corrected chi connectivity index (χ1v) is 7.38. The van der Waals surface area contributed by atoms with Crippen molar-refractivity contribution in [1.82, 2.24) is 14.7 Å². The molecule has 5 heteroatoms. The van der Waals surface area contributed by atoms with Crippen molar-refractivity contribution in [2.24, 2.45) is 0 Å². The number of hydrogen-bond acceptors (Lipinski definition) is 2. The van der Waals surface area contributed by atoms with Gasteiger partial charge in [0.05, 0.1) is 0 Å². The minimum Gasteiger partial charge on any atom is -0.337 e. The molecule has 1 aromatic heterocycles. The highest BCUT2D eigenvalue weighted by Crippen LogP contribution is 2.23. The molecule has 1 aromatic carbocycles. The number of benzene rings is 1. The lowest BCUT2D eigenvalue weighted by Gasteiger charge is -2.29. The third kappa shape index (κ3) is 2.93. The molecular weight excluding hydrogens is 281 g/mol. The van der Waals surface area contributed by atoms with E-state index in [0.717, 1.165) is 17.6 Å². The van der Waals surface area contributed by atoms with Gasteiger partial charge in [-0.3, -0.25) is 9.48 Å². The summed E-state index contributed by atoms with van der Waals surface area (Å²) in [5.41, 5.74) is 2.18. The zero-order valence-corrected chi connectivity index (χ0v) is 12.4. The zero-order chi connectivity index (χ0) is 15.5. The van der Waals surface area contributed by atoms with Gasteiger partial charge in [-0.05, 0) is 42.7 Å². The summed E-state index contributed by atoms with van der Waals surface area (Å²) in [7, 11) is 0. The van der Waals surface area contributed by atoms with Gasteiger partial charge in [0.1, 0.15) is 11.9 Å². The Bertz CT molecular complexity index is 676. The second-order valence-corrected chi connectivity index (χ2v) is 5.43. The van der Waals surface area contributed by atoms with Crippen molar-refractivity contribution in [3.05, 3.63) is 60.2 Å². The van der Waals surface area contributed by atoms with Crippen LogP contribution in [0.1, 0.15) is 24.9 Å². The lowest BCUT2D eigenvalue weighted by molar-refractivity contribution is -0.134. The second kappa shape index (κ2) is 6.13. The summed E-state index contributed by atoms with van der Waals surface area (Å²) in [4.78, 5) is 14.3. The molecular formula is C17H18FN3O. The lowest BCUT2D eigenvalue weighted by Crippen LogP contribution is -2.39. The van der Waals surface area contributed by atoms with Crippen LogP contribution in [0.15, 0.2) is 48.8 Å². The van der Waals surface area contributed by atoms with Crippen molar-refractivity contribution in [2.45, 2.75) is 19.4 Å². The van der Waals surface area contributed by atoms with Gasteiger partial charge in [-0.25, -0.2) is 4.39 Å². The Labute approximate surface area is 128 Å². The van der Waals surface area contributed by atoms with Crippen LogP contribution in [0.3, 0.4) is 0 Å². The lowest BCUT2D eigenvalue weighted by atomic mass is 9.99. The van der Waals surface area contributed by atoms with Crippen LogP contribution in [0.25, 0.3) is 5.57 Å². The number of carbonyl (C=O) groups is 1. The van der Waals surface area contributed by atoms with Crippen LogP contribution in [0, 0.1) is 5.82 Å². The molecule has 22 heavy (non-hydrogen) atoms. The minimum atomic E-state index is -0.296. The molecule has 1 aliphatic rings. The molecule has 1 amide bonds. The first-order valence-electron chi connectivity index (χ1n) is 7.38. The van der Waals surface area contributed by atoms with Gasteiger partial charge in [0.2, 0.25) is 5.91 Å².